The van der Waals surface area contributed by atoms with E-state index in [0.717, 1.165) is 35.7 Å². The molecular formula is C10H10BrNO. The second kappa shape index (κ2) is 3.22. The summed E-state index contributed by atoms with van der Waals surface area (Å²) in [6, 6.07) is 3.84. The van der Waals surface area contributed by atoms with Crippen LogP contribution in [0.15, 0.2) is 22.8 Å². The summed E-state index contributed by atoms with van der Waals surface area (Å²) in [4.78, 5) is 15.0. The van der Waals surface area contributed by atoms with Crippen LogP contribution in [0.25, 0.3) is 0 Å². The first-order valence-corrected chi connectivity index (χ1v) is 5.11. The average molecular weight is 240 g/mol. The van der Waals surface area contributed by atoms with Crippen LogP contribution in [0.2, 0.25) is 0 Å². The van der Waals surface area contributed by atoms with Crippen LogP contribution in [0.4, 0.5) is 0 Å². The van der Waals surface area contributed by atoms with Gasteiger partial charge >= 0.3 is 0 Å². The van der Waals surface area contributed by atoms with E-state index in [9.17, 15) is 4.79 Å². The molecule has 1 heterocycles. The standard InChI is InChI=1S/C10H10BrNO/c11-8-2-1-5-12-9(8)6-10(7-13)3-4-10/h1-2,5,7H,3-4,6H2. The minimum absolute atomic E-state index is 0.0864. The lowest BCUT2D eigenvalue weighted by Crippen LogP contribution is -2.07. The van der Waals surface area contributed by atoms with E-state index in [0.29, 0.717) is 0 Å². The molecule has 0 atom stereocenters. The molecule has 1 aliphatic carbocycles. The second-order valence-electron chi connectivity index (χ2n) is 3.59. The fourth-order valence-corrected chi connectivity index (χ4v) is 1.77. The Hall–Kier alpha value is -0.700. The second-order valence-corrected chi connectivity index (χ2v) is 4.44. The Labute approximate surface area is 85.5 Å². The lowest BCUT2D eigenvalue weighted by molar-refractivity contribution is -0.112. The Bertz CT molecular complexity index is 333. The summed E-state index contributed by atoms with van der Waals surface area (Å²) >= 11 is 3.43. The van der Waals surface area contributed by atoms with Crippen molar-refractivity contribution in [1.82, 2.24) is 4.98 Å². The Morgan fingerprint density at radius 2 is 2.38 bits per heavy atom. The molecule has 3 heteroatoms. The van der Waals surface area contributed by atoms with Gasteiger partial charge in [0.05, 0.1) is 5.69 Å². The third-order valence-electron chi connectivity index (χ3n) is 2.50. The summed E-state index contributed by atoms with van der Waals surface area (Å²) < 4.78 is 1.00. The van der Waals surface area contributed by atoms with Gasteiger partial charge in [-0.1, -0.05) is 0 Å². The summed E-state index contributed by atoms with van der Waals surface area (Å²) in [7, 11) is 0. The first kappa shape index (κ1) is 8.88. The van der Waals surface area contributed by atoms with Crippen molar-refractivity contribution in [2.45, 2.75) is 19.3 Å². The number of aromatic nitrogens is 1. The van der Waals surface area contributed by atoms with Crippen molar-refractivity contribution in [3.63, 3.8) is 0 Å². The van der Waals surface area contributed by atoms with Crippen molar-refractivity contribution < 1.29 is 4.79 Å². The smallest absolute Gasteiger partial charge is 0.126 e. The zero-order valence-electron chi connectivity index (χ0n) is 7.16. The van der Waals surface area contributed by atoms with E-state index in [4.69, 9.17) is 0 Å². The van der Waals surface area contributed by atoms with Gasteiger partial charge in [0, 0.05) is 22.5 Å². The van der Waals surface area contributed by atoms with Gasteiger partial charge in [0.2, 0.25) is 0 Å². The quantitative estimate of drug-likeness (QED) is 0.759. The molecule has 0 spiro atoms. The summed E-state index contributed by atoms with van der Waals surface area (Å²) in [6.45, 7) is 0. The highest BCUT2D eigenvalue weighted by Crippen LogP contribution is 2.46. The lowest BCUT2D eigenvalue weighted by Gasteiger charge is -2.06. The zero-order valence-corrected chi connectivity index (χ0v) is 8.75. The maximum atomic E-state index is 10.8. The Kier molecular flexibility index (Phi) is 2.20. The summed E-state index contributed by atoms with van der Waals surface area (Å²) in [5.41, 5.74) is 0.906. The Balaban J connectivity index is 2.18. The van der Waals surface area contributed by atoms with Gasteiger partial charge in [-0.2, -0.15) is 0 Å². The zero-order chi connectivity index (χ0) is 9.31. The maximum absolute atomic E-state index is 10.8. The van der Waals surface area contributed by atoms with Gasteiger partial charge in [-0.15, -0.1) is 0 Å². The molecule has 1 aliphatic rings. The van der Waals surface area contributed by atoms with E-state index < -0.39 is 0 Å². The number of hydrogen-bond donors (Lipinski definition) is 0. The topological polar surface area (TPSA) is 30.0 Å². The average Bonchev–Trinajstić information content (AvgIpc) is 2.90. The molecule has 0 amide bonds. The SMILES string of the molecule is O=CC1(Cc2ncccc2Br)CC1. The molecule has 0 saturated heterocycles. The van der Waals surface area contributed by atoms with E-state index in [1.165, 1.54) is 0 Å². The number of carbonyl (C=O) groups is 1. The number of hydrogen-bond acceptors (Lipinski definition) is 2. The van der Waals surface area contributed by atoms with Crippen molar-refractivity contribution in [2.75, 3.05) is 0 Å². The summed E-state index contributed by atoms with van der Waals surface area (Å²) in [5, 5.41) is 0. The van der Waals surface area contributed by atoms with Crippen LogP contribution in [-0.2, 0) is 11.2 Å². The molecule has 1 aromatic rings. The molecule has 0 aliphatic heterocycles. The molecular weight excluding hydrogens is 230 g/mol. The molecule has 0 radical (unpaired) electrons. The van der Waals surface area contributed by atoms with Crippen LogP contribution in [0.5, 0.6) is 0 Å². The van der Waals surface area contributed by atoms with Crippen LogP contribution in [0, 0.1) is 5.41 Å². The number of nitrogens with zero attached hydrogens (tertiary/aromatic N) is 1. The molecule has 0 unspecified atom stereocenters. The van der Waals surface area contributed by atoms with Gasteiger partial charge in [-0.3, -0.25) is 4.98 Å². The lowest BCUT2D eigenvalue weighted by atomic mass is 10.0. The number of halogens is 1. The summed E-state index contributed by atoms with van der Waals surface area (Å²) in [6.07, 6.45) is 5.64. The minimum Gasteiger partial charge on any atom is -0.303 e. The number of aldehydes is 1. The third-order valence-corrected chi connectivity index (χ3v) is 3.22. The predicted octanol–water partition coefficient (Wildman–Crippen LogP) is 2.37. The molecule has 2 nitrogen and oxygen atoms in total. The predicted molar refractivity (Wildman–Crippen MR) is 53.4 cm³/mol. The fourth-order valence-electron chi connectivity index (χ4n) is 1.38. The monoisotopic (exact) mass is 239 g/mol. The molecule has 0 bridgehead atoms. The molecule has 1 fully saturated rings. The highest BCUT2D eigenvalue weighted by Gasteiger charge is 2.43. The van der Waals surface area contributed by atoms with Crippen LogP contribution in [0.3, 0.4) is 0 Å². The third kappa shape index (κ3) is 1.80. The van der Waals surface area contributed by atoms with Gasteiger partial charge in [0.15, 0.2) is 0 Å². The van der Waals surface area contributed by atoms with Crippen molar-refractivity contribution in [3.8, 4) is 0 Å². The molecule has 0 aromatic carbocycles. The van der Waals surface area contributed by atoms with E-state index >= 15 is 0 Å². The maximum Gasteiger partial charge on any atom is 0.126 e. The van der Waals surface area contributed by atoms with E-state index in [-0.39, 0.29) is 5.41 Å². The number of carbonyl (C=O) groups excluding carboxylic acids is 1. The van der Waals surface area contributed by atoms with E-state index in [1.54, 1.807) is 6.20 Å². The molecule has 1 saturated carbocycles. The highest BCUT2D eigenvalue weighted by atomic mass is 79.9. The van der Waals surface area contributed by atoms with Crippen molar-refractivity contribution in [3.05, 3.63) is 28.5 Å². The first-order chi connectivity index (χ1) is 6.26. The van der Waals surface area contributed by atoms with Gasteiger partial charge in [-0.05, 0) is 40.9 Å². The molecule has 13 heavy (non-hydrogen) atoms. The summed E-state index contributed by atoms with van der Waals surface area (Å²) in [5.74, 6) is 0. The van der Waals surface area contributed by atoms with E-state index in [1.807, 2.05) is 12.1 Å². The number of rotatable bonds is 3. The van der Waals surface area contributed by atoms with Gasteiger partial charge < -0.3 is 4.79 Å². The van der Waals surface area contributed by atoms with E-state index in [2.05, 4.69) is 20.9 Å². The van der Waals surface area contributed by atoms with Gasteiger partial charge in [0.1, 0.15) is 6.29 Å². The normalized spacial score (nSPS) is 18.2. The highest BCUT2D eigenvalue weighted by molar-refractivity contribution is 9.10. The van der Waals surface area contributed by atoms with Crippen LogP contribution in [0.1, 0.15) is 18.5 Å². The molecule has 2 rings (SSSR count). The first-order valence-electron chi connectivity index (χ1n) is 4.31. The van der Waals surface area contributed by atoms with Crippen molar-refractivity contribution >= 4 is 22.2 Å². The van der Waals surface area contributed by atoms with Crippen LogP contribution < -0.4 is 0 Å². The fraction of sp³-hybridized carbons (Fsp3) is 0.400. The molecule has 68 valence electrons. The Morgan fingerprint density at radius 3 is 2.92 bits per heavy atom. The largest absolute Gasteiger partial charge is 0.303 e. The number of pyridine rings is 1. The van der Waals surface area contributed by atoms with Crippen molar-refractivity contribution in [1.29, 1.82) is 0 Å². The molecule has 0 N–H and O–H groups in total. The van der Waals surface area contributed by atoms with Gasteiger partial charge in [-0.25, -0.2) is 0 Å². The molecule has 1 aromatic heterocycles. The van der Waals surface area contributed by atoms with Crippen LogP contribution >= 0.6 is 15.9 Å². The Morgan fingerprint density at radius 1 is 1.62 bits per heavy atom. The van der Waals surface area contributed by atoms with Gasteiger partial charge in [0.25, 0.3) is 0 Å². The van der Waals surface area contributed by atoms with Crippen molar-refractivity contribution in [2.24, 2.45) is 5.41 Å². The minimum atomic E-state index is -0.0864. The van der Waals surface area contributed by atoms with Crippen LogP contribution in [-0.4, -0.2) is 11.3 Å².